The lowest BCUT2D eigenvalue weighted by Gasteiger charge is -2.14. The quantitative estimate of drug-likeness (QED) is 0.706. The SMILES string of the molecule is COC(CNC(=O)c1ccccc1SCC#N)CC(=O)O. The van der Waals surface area contributed by atoms with Crippen molar-refractivity contribution in [1.82, 2.24) is 5.32 Å². The average molecular weight is 308 g/mol. The number of methoxy groups -OCH3 is 1. The molecule has 112 valence electrons. The van der Waals surface area contributed by atoms with Gasteiger partial charge in [0.2, 0.25) is 0 Å². The first-order valence-corrected chi connectivity index (χ1v) is 7.18. The summed E-state index contributed by atoms with van der Waals surface area (Å²) in [4.78, 5) is 23.5. The van der Waals surface area contributed by atoms with Crippen LogP contribution in [0.15, 0.2) is 29.2 Å². The molecule has 0 fully saturated rings. The fraction of sp³-hybridized carbons (Fsp3) is 0.357. The number of hydrogen-bond acceptors (Lipinski definition) is 5. The zero-order valence-electron chi connectivity index (χ0n) is 11.5. The lowest BCUT2D eigenvalue weighted by Crippen LogP contribution is -2.34. The van der Waals surface area contributed by atoms with Crippen LogP contribution >= 0.6 is 11.8 Å². The molecule has 0 aliphatic rings. The predicted octanol–water partition coefficient (Wildman–Crippen LogP) is 1.52. The molecule has 0 saturated carbocycles. The summed E-state index contributed by atoms with van der Waals surface area (Å²) in [6.45, 7) is 0.110. The first kappa shape index (κ1) is 17.0. The highest BCUT2D eigenvalue weighted by Gasteiger charge is 2.16. The third-order valence-electron chi connectivity index (χ3n) is 2.65. The molecule has 0 saturated heterocycles. The summed E-state index contributed by atoms with van der Waals surface area (Å²) in [5, 5.41) is 20.0. The van der Waals surface area contributed by atoms with Gasteiger partial charge >= 0.3 is 5.97 Å². The van der Waals surface area contributed by atoms with Crippen molar-refractivity contribution >= 4 is 23.6 Å². The molecule has 1 aromatic carbocycles. The van der Waals surface area contributed by atoms with E-state index in [9.17, 15) is 9.59 Å². The van der Waals surface area contributed by atoms with Crippen molar-refractivity contribution in [3.63, 3.8) is 0 Å². The number of benzene rings is 1. The summed E-state index contributed by atoms with van der Waals surface area (Å²) in [6.07, 6.45) is -0.757. The Labute approximate surface area is 127 Å². The first-order valence-electron chi connectivity index (χ1n) is 6.20. The van der Waals surface area contributed by atoms with Crippen LogP contribution in [0.2, 0.25) is 0 Å². The Balaban J connectivity index is 2.67. The third kappa shape index (κ3) is 5.85. The molecule has 7 heteroatoms. The van der Waals surface area contributed by atoms with Gasteiger partial charge in [0.05, 0.1) is 29.9 Å². The minimum absolute atomic E-state index is 0.110. The second-order valence-electron chi connectivity index (χ2n) is 4.11. The maximum absolute atomic E-state index is 12.1. The number of aliphatic carboxylic acids is 1. The van der Waals surface area contributed by atoms with Crippen LogP contribution in [0.3, 0.4) is 0 Å². The summed E-state index contributed by atoms with van der Waals surface area (Å²) in [5.74, 6) is -1.05. The van der Waals surface area contributed by atoms with Crippen LogP contribution in [0.4, 0.5) is 0 Å². The monoisotopic (exact) mass is 308 g/mol. The summed E-state index contributed by atoms with van der Waals surface area (Å²) >= 11 is 1.28. The van der Waals surface area contributed by atoms with Gasteiger partial charge in [0, 0.05) is 18.6 Å². The Bertz CT molecular complexity index is 542. The van der Waals surface area contributed by atoms with Crippen LogP contribution in [-0.2, 0) is 9.53 Å². The molecular weight excluding hydrogens is 292 g/mol. The zero-order valence-corrected chi connectivity index (χ0v) is 12.4. The van der Waals surface area contributed by atoms with E-state index in [1.807, 2.05) is 6.07 Å². The van der Waals surface area contributed by atoms with Crippen LogP contribution in [0.25, 0.3) is 0 Å². The highest BCUT2D eigenvalue weighted by atomic mass is 32.2. The van der Waals surface area contributed by atoms with Crippen LogP contribution in [0.5, 0.6) is 0 Å². The van der Waals surface area contributed by atoms with Crippen molar-refractivity contribution in [2.75, 3.05) is 19.4 Å². The second-order valence-corrected chi connectivity index (χ2v) is 5.13. The van der Waals surface area contributed by atoms with Crippen molar-refractivity contribution < 1.29 is 19.4 Å². The molecule has 2 N–H and O–H groups in total. The predicted molar refractivity (Wildman–Crippen MR) is 78.2 cm³/mol. The Morgan fingerprint density at radius 2 is 2.19 bits per heavy atom. The topological polar surface area (TPSA) is 99.4 Å². The lowest BCUT2D eigenvalue weighted by atomic mass is 10.2. The number of hydrogen-bond donors (Lipinski definition) is 2. The highest BCUT2D eigenvalue weighted by molar-refractivity contribution is 7.99. The molecule has 6 nitrogen and oxygen atoms in total. The summed E-state index contributed by atoms with van der Waals surface area (Å²) in [5.41, 5.74) is 0.461. The van der Waals surface area contributed by atoms with Crippen LogP contribution in [-0.4, -0.2) is 42.5 Å². The fourth-order valence-corrected chi connectivity index (χ4v) is 2.34. The van der Waals surface area contributed by atoms with Gasteiger partial charge in [0.1, 0.15) is 0 Å². The number of rotatable bonds is 8. The minimum Gasteiger partial charge on any atom is -0.481 e. The largest absolute Gasteiger partial charge is 0.481 e. The van der Waals surface area contributed by atoms with Gasteiger partial charge in [-0.15, -0.1) is 11.8 Å². The van der Waals surface area contributed by atoms with Gasteiger partial charge < -0.3 is 15.2 Å². The molecule has 0 bridgehead atoms. The third-order valence-corrected chi connectivity index (χ3v) is 3.59. The number of nitrogens with zero attached hydrogens (tertiary/aromatic N) is 1. The molecule has 0 spiro atoms. The Morgan fingerprint density at radius 1 is 1.48 bits per heavy atom. The molecule has 0 aliphatic heterocycles. The molecule has 1 rings (SSSR count). The number of carboxylic acid groups (broad SMARTS) is 1. The number of nitriles is 1. The lowest BCUT2D eigenvalue weighted by molar-refractivity contribution is -0.139. The van der Waals surface area contributed by atoms with E-state index in [0.717, 1.165) is 0 Å². The Kier molecular flexibility index (Phi) is 7.29. The van der Waals surface area contributed by atoms with Gasteiger partial charge in [0.25, 0.3) is 5.91 Å². The summed E-state index contributed by atoms with van der Waals surface area (Å²) in [6, 6.07) is 8.96. The van der Waals surface area contributed by atoms with Crippen molar-refractivity contribution in [2.45, 2.75) is 17.4 Å². The number of amides is 1. The summed E-state index contributed by atoms with van der Waals surface area (Å²) < 4.78 is 5.00. The van der Waals surface area contributed by atoms with E-state index in [0.29, 0.717) is 10.5 Å². The molecule has 21 heavy (non-hydrogen) atoms. The standard InChI is InChI=1S/C14H16N2O4S/c1-20-10(8-13(17)18)9-16-14(19)11-4-2-3-5-12(11)21-7-6-15/h2-5,10H,7-9H2,1H3,(H,16,19)(H,17,18). The Hall–Kier alpha value is -2.04. The van der Waals surface area contributed by atoms with Gasteiger partial charge in [-0.3, -0.25) is 9.59 Å². The fourth-order valence-electron chi connectivity index (χ4n) is 1.63. The maximum Gasteiger partial charge on any atom is 0.306 e. The number of thioether (sulfide) groups is 1. The van der Waals surface area contributed by atoms with Crippen molar-refractivity contribution in [3.05, 3.63) is 29.8 Å². The van der Waals surface area contributed by atoms with E-state index >= 15 is 0 Å². The van der Waals surface area contributed by atoms with Crippen molar-refractivity contribution in [3.8, 4) is 6.07 Å². The van der Waals surface area contributed by atoms with E-state index in [1.165, 1.54) is 18.9 Å². The van der Waals surface area contributed by atoms with Crippen molar-refractivity contribution in [2.24, 2.45) is 0 Å². The molecular formula is C14H16N2O4S. The van der Waals surface area contributed by atoms with Gasteiger partial charge in [-0.2, -0.15) is 5.26 Å². The Morgan fingerprint density at radius 3 is 2.81 bits per heavy atom. The van der Waals surface area contributed by atoms with Crippen LogP contribution in [0, 0.1) is 11.3 Å². The average Bonchev–Trinajstić information content (AvgIpc) is 2.48. The van der Waals surface area contributed by atoms with E-state index in [1.54, 1.807) is 24.3 Å². The number of nitrogens with one attached hydrogen (secondary N) is 1. The smallest absolute Gasteiger partial charge is 0.306 e. The molecule has 0 heterocycles. The van der Waals surface area contributed by atoms with E-state index in [2.05, 4.69) is 5.32 Å². The minimum atomic E-state index is -0.985. The van der Waals surface area contributed by atoms with E-state index in [-0.39, 0.29) is 24.6 Å². The normalized spacial score (nSPS) is 11.4. The molecule has 1 unspecified atom stereocenters. The molecule has 0 aromatic heterocycles. The first-order chi connectivity index (χ1) is 10.1. The van der Waals surface area contributed by atoms with Gasteiger partial charge in [-0.25, -0.2) is 0 Å². The van der Waals surface area contributed by atoms with E-state index < -0.39 is 12.1 Å². The zero-order chi connectivity index (χ0) is 15.7. The maximum atomic E-state index is 12.1. The molecule has 1 aromatic rings. The number of carbonyl (C=O) groups is 2. The summed E-state index contributed by atoms with van der Waals surface area (Å²) in [7, 11) is 1.40. The molecule has 1 atom stereocenters. The molecule has 0 aliphatic carbocycles. The molecule has 0 radical (unpaired) electrons. The van der Waals surface area contributed by atoms with Gasteiger partial charge in [-0.1, -0.05) is 12.1 Å². The van der Waals surface area contributed by atoms with Crippen LogP contribution in [0.1, 0.15) is 16.8 Å². The van der Waals surface area contributed by atoms with E-state index in [4.69, 9.17) is 15.1 Å². The second kappa shape index (κ2) is 9.00. The molecule has 1 amide bonds. The van der Waals surface area contributed by atoms with Gasteiger partial charge in [-0.05, 0) is 12.1 Å². The number of carboxylic acids is 1. The number of carbonyl (C=O) groups excluding carboxylic acids is 1. The van der Waals surface area contributed by atoms with Gasteiger partial charge in [0.15, 0.2) is 0 Å². The number of ether oxygens (including phenoxy) is 1. The van der Waals surface area contributed by atoms with Crippen LogP contribution < -0.4 is 5.32 Å². The highest BCUT2D eigenvalue weighted by Crippen LogP contribution is 2.22. The van der Waals surface area contributed by atoms with Crippen molar-refractivity contribution in [1.29, 1.82) is 5.26 Å².